The number of unbranched alkanes of at least 4 members (excludes halogenated alkanes) is 1. The van der Waals surface area contributed by atoms with E-state index in [4.69, 9.17) is 5.11 Å². The first-order valence-corrected chi connectivity index (χ1v) is 10.3. The fraction of sp³-hybridized carbons (Fsp3) is 0.526. The van der Waals surface area contributed by atoms with E-state index >= 15 is 0 Å². The van der Waals surface area contributed by atoms with E-state index in [9.17, 15) is 14.4 Å². The zero-order valence-corrected chi connectivity index (χ0v) is 16.1. The first kappa shape index (κ1) is 19.5. The highest BCUT2D eigenvalue weighted by atomic mass is 32.2. The molecule has 2 aliphatic heterocycles. The number of carbonyl (C=O) groups excluding carboxylic acids is 2. The van der Waals surface area contributed by atoms with E-state index in [1.54, 1.807) is 31.2 Å². The minimum Gasteiger partial charge on any atom is -0.481 e. The quantitative estimate of drug-likeness (QED) is 0.402. The molecule has 4 N–H and O–H groups in total. The molecule has 0 saturated carbocycles. The minimum atomic E-state index is -0.869. The first-order valence-electron chi connectivity index (χ1n) is 9.25. The molecule has 3 amide bonds. The van der Waals surface area contributed by atoms with Gasteiger partial charge in [-0.15, -0.1) is 0 Å². The van der Waals surface area contributed by atoms with Crippen molar-refractivity contribution in [1.82, 2.24) is 10.6 Å². The molecule has 7 nitrogen and oxygen atoms in total. The van der Waals surface area contributed by atoms with Crippen molar-refractivity contribution >= 4 is 35.4 Å². The van der Waals surface area contributed by atoms with Crippen LogP contribution in [0.15, 0.2) is 24.3 Å². The Morgan fingerprint density at radius 2 is 2.00 bits per heavy atom. The summed E-state index contributed by atoms with van der Waals surface area (Å²) in [6.45, 7) is 1.63. The van der Waals surface area contributed by atoms with Gasteiger partial charge in [-0.1, -0.05) is 18.6 Å². The maximum absolute atomic E-state index is 12.1. The molecule has 0 radical (unpaired) electrons. The summed E-state index contributed by atoms with van der Waals surface area (Å²) in [6.07, 6.45) is 3.18. The maximum atomic E-state index is 12.1. The van der Waals surface area contributed by atoms with E-state index in [1.807, 2.05) is 11.8 Å². The minimum absolute atomic E-state index is 0.0400. The van der Waals surface area contributed by atoms with E-state index in [2.05, 4.69) is 16.0 Å². The summed E-state index contributed by atoms with van der Waals surface area (Å²) in [5, 5.41) is 18.2. The molecule has 1 aromatic carbocycles. The van der Waals surface area contributed by atoms with Crippen LogP contribution in [-0.4, -0.2) is 46.1 Å². The fourth-order valence-corrected chi connectivity index (χ4v) is 5.04. The van der Waals surface area contributed by atoms with Crippen LogP contribution in [0, 0.1) is 0 Å². The summed E-state index contributed by atoms with van der Waals surface area (Å²) >= 11 is 1.88. The predicted octanol–water partition coefficient (Wildman–Crippen LogP) is 2.54. The normalized spacial score (nSPS) is 24.6. The number of anilines is 1. The van der Waals surface area contributed by atoms with Crippen LogP contribution in [0.25, 0.3) is 0 Å². The van der Waals surface area contributed by atoms with E-state index in [0.29, 0.717) is 22.9 Å². The van der Waals surface area contributed by atoms with Crippen LogP contribution in [0.4, 0.5) is 10.5 Å². The van der Waals surface area contributed by atoms with Crippen LogP contribution in [0.5, 0.6) is 0 Å². The topological polar surface area (TPSA) is 108 Å². The Morgan fingerprint density at radius 1 is 1.26 bits per heavy atom. The summed E-state index contributed by atoms with van der Waals surface area (Å²) in [5.41, 5.74) is 1.39. The van der Waals surface area contributed by atoms with E-state index < -0.39 is 11.9 Å². The van der Waals surface area contributed by atoms with E-state index in [0.717, 1.165) is 25.0 Å². The van der Waals surface area contributed by atoms with Gasteiger partial charge in [-0.05, 0) is 37.5 Å². The SMILES string of the molecule is CC(C(=O)O)c1ccc(NC(=O)CCCC[C@@H]2SC[C@@H]3NC(=O)N[C@@H]32)cc1. The number of fused-ring (bicyclic) bond motifs is 1. The van der Waals surface area contributed by atoms with Gasteiger partial charge in [-0.3, -0.25) is 9.59 Å². The monoisotopic (exact) mass is 391 g/mol. The Bertz CT molecular complexity index is 709. The second-order valence-electron chi connectivity index (χ2n) is 7.10. The van der Waals surface area contributed by atoms with Gasteiger partial charge in [0.2, 0.25) is 5.91 Å². The van der Waals surface area contributed by atoms with Gasteiger partial charge in [0.05, 0.1) is 18.0 Å². The van der Waals surface area contributed by atoms with Gasteiger partial charge in [-0.2, -0.15) is 11.8 Å². The van der Waals surface area contributed by atoms with Gasteiger partial charge in [0.1, 0.15) is 0 Å². The lowest BCUT2D eigenvalue weighted by Gasteiger charge is -2.16. The lowest BCUT2D eigenvalue weighted by Crippen LogP contribution is -2.36. The maximum Gasteiger partial charge on any atom is 0.315 e. The average molecular weight is 391 g/mol. The number of hydrogen-bond donors (Lipinski definition) is 4. The molecule has 3 rings (SSSR count). The summed E-state index contributed by atoms with van der Waals surface area (Å²) in [5.74, 6) is -0.527. The Balaban J connectivity index is 1.36. The molecule has 2 fully saturated rings. The van der Waals surface area contributed by atoms with Gasteiger partial charge >= 0.3 is 12.0 Å². The highest BCUT2D eigenvalue weighted by Crippen LogP contribution is 2.33. The molecule has 2 aliphatic rings. The summed E-state index contributed by atoms with van der Waals surface area (Å²) in [4.78, 5) is 34.4. The van der Waals surface area contributed by atoms with Gasteiger partial charge in [0.25, 0.3) is 0 Å². The number of benzene rings is 1. The second kappa shape index (κ2) is 8.65. The zero-order chi connectivity index (χ0) is 19.4. The lowest BCUT2D eigenvalue weighted by atomic mass is 10.0. The Labute approximate surface area is 162 Å². The number of carbonyl (C=O) groups is 3. The number of rotatable bonds is 8. The van der Waals surface area contributed by atoms with Crippen molar-refractivity contribution in [2.24, 2.45) is 0 Å². The molecule has 1 aromatic rings. The molecule has 1 unspecified atom stereocenters. The van der Waals surface area contributed by atoms with Crippen LogP contribution < -0.4 is 16.0 Å². The van der Waals surface area contributed by atoms with Crippen LogP contribution in [0.2, 0.25) is 0 Å². The van der Waals surface area contributed by atoms with E-state index in [-0.39, 0.29) is 24.0 Å². The molecule has 0 aromatic heterocycles. The van der Waals surface area contributed by atoms with Gasteiger partial charge in [0.15, 0.2) is 0 Å². The van der Waals surface area contributed by atoms with Crippen molar-refractivity contribution in [2.45, 2.75) is 55.9 Å². The standard InChI is InChI=1S/C19H25N3O4S/c1-11(18(24)25)12-6-8-13(9-7-12)20-16(23)5-3-2-4-15-17-14(10-27-15)21-19(26)22-17/h6-9,11,14-15,17H,2-5,10H2,1H3,(H,20,23)(H,24,25)(H2,21,22,26)/t11?,14-,15-,17-/m0/s1. The molecule has 0 bridgehead atoms. The van der Waals surface area contributed by atoms with Crippen LogP contribution in [0.3, 0.4) is 0 Å². The number of carboxylic acids is 1. The molecule has 8 heteroatoms. The van der Waals surface area contributed by atoms with Crippen molar-refractivity contribution in [3.05, 3.63) is 29.8 Å². The number of nitrogens with one attached hydrogen (secondary N) is 3. The highest BCUT2D eigenvalue weighted by molar-refractivity contribution is 8.00. The van der Waals surface area contributed by atoms with Crippen molar-refractivity contribution in [2.75, 3.05) is 11.1 Å². The number of thioether (sulfide) groups is 1. The van der Waals surface area contributed by atoms with Gasteiger partial charge in [0, 0.05) is 23.1 Å². The van der Waals surface area contributed by atoms with Crippen molar-refractivity contribution in [3.63, 3.8) is 0 Å². The second-order valence-corrected chi connectivity index (χ2v) is 8.37. The summed E-state index contributed by atoms with van der Waals surface area (Å²) in [7, 11) is 0. The van der Waals surface area contributed by atoms with Gasteiger partial charge < -0.3 is 21.1 Å². The van der Waals surface area contributed by atoms with Gasteiger partial charge in [-0.25, -0.2) is 4.79 Å². The smallest absolute Gasteiger partial charge is 0.315 e. The summed E-state index contributed by atoms with van der Waals surface area (Å²) < 4.78 is 0. The Hall–Kier alpha value is -2.22. The predicted molar refractivity (Wildman–Crippen MR) is 105 cm³/mol. The molecular formula is C19H25N3O4S. The number of carboxylic acid groups (broad SMARTS) is 1. The van der Waals surface area contributed by atoms with Crippen molar-refractivity contribution in [3.8, 4) is 0 Å². The van der Waals surface area contributed by atoms with E-state index in [1.165, 1.54) is 0 Å². The average Bonchev–Trinajstić information content (AvgIpc) is 3.18. The molecular weight excluding hydrogens is 366 g/mol. The molecule has 0 spiro atoms. The van der Waals surface area contributed by atoms with Crippen LogP contribution in [0.1, 0.15) is 44.1 Å². The number of amides is 3. The number of aliphatic carboxylic acids is 1. The third-order valence-electron chi connectivity index (χ3n) is 5.15. The number of urea groups is 1. The Morgan fingerprint density at radius 3 is 2.70 bits per heavy atom. The lowest BCUT2D eigenvalue weighted by molar-refractivity contribution is -0.138. The fourth-order valence-electron chi connectivity index (χ4n) is 3.50. The molecule has 0 aliphatic carbocycles. The molecule has 146 valence electrons. The van der Waals surface area contributed by atoms with Crippen molar-refractivity contribution in [1.29, 1.82) is 0 Å². The third-order valence-corrected chi connectivity index (χ3v) is 6.65. The Kier molecular flexibility index (Phi) is 6.26. The zero-order valence-electron chi connectivity index (χ0n) is 15.2. The van der Waals surface area contributed by atoms with Crippen LogP contribution in [-0.2, 0) is 9.59 Å². The highest BCUT2D eigenvalue weighted by Gasteiger charge is 2.42. The van der Waals surface area contributed by atoms with Crippen LogP contribution >= 0.6 is 11.8 Å². The molecule has 4 atom stereocenters. The third kappa shape index (κ3) is 4.94. The molecule has 2 saturated heterocycles. The molecule has 27 heavy (non-hydrogen) atoms. The van der Waals surface area contributed by atoms with Crippen molar-refractivity contribution < 1.29 is 19.5 Å². The molecule has 2 heterocycles. The summed E-state index contributed by atoms with van der Waals surface area (Å²) in [6, 6.07) is 7.30. The largest absolute Gasteiger partial charge is 0.481 e. The first-order chi connectivity index (χ1) is 12.9. The number of hydrogen-bond acceptors (Lipinski definition) is 4.